The third kappa shape index (κ3) is 5.68. The lowest BCUT2D eigenvalue weighted by molar-refractivity contribution is 0.102. The van der Waals surface area contributed by atoms with Crippen LogP contribution in [0, 0.1) is 6.92 Å². The van der Waals surface area contributed by atoms with E-state index in [0.717, 1.165) is 11.1 Å². The van der Waals surface area contributed by atoms with Gasteiger partial charge in [-0.3, -0.25) is 9.10 Å². The number of nitrogens with zero attached hydrogens (tertiary/aromatic N) is 1. The minimum atomic E-state index is -4.01. The maximum atomic E-state index is 13.8. The molecule has 0 spiro atoms. The number of carbonyl (C=O) groups excluding carboxylic acids is 1. The van der Waals surface area contributed by atoms with Crippen LogP contribution < -0.4 is 9.62 Å². The molecular formula is C27H22Cl2N2O3S. The van der Waals surface area contributed by atoms with Crippen LogP contribution in [0.3, 0.4) is 0 Å². The second-order valence-electron chi connectivity index (χ2n) is 7.91. The van der Waals surface area contributed by atoms with E-state index in [9.17, 15) is 13.2 Å². The predicted molar refractivity (Wildman–Crippen MR) is 142 cm³/mol. The van der Waals surface area contributed by atoms with Crippen molar-refractivity contribution in [2.24, 2.45) is 0 Å². The highest BCUT2D eigenvalue weighted by Gasteiger charge is 2.28. The fraction of sp³-hybridized carbons (Fsp3) is 0.0741. The van der Waals surface area contributed by atoms with Crippen LogP contribution in [-0.4, -0.2) is 14.3 Å². The number of halogens is 2. The van der Waals surface area contributed by atoms with E-state index < -0.39 is 15.9 Å². The predicted octanol–water partition coefficient (Wildman–Crippen LogP) is 6.95. The van der Waals surface area contributed by atoms with Gasteiger partial charge in [-0.15, -0.1) is 0 Å². The standard InChI is InChI=1S/C27H22Cl2N2O3S/c1-19-11-14-22(15-12-19)35(33,34)31(18-20-7-3-2-4-8-20)26-10-6-5-9-23(26)27(32)30-25-17-21(28)13-16-24(25)29/h2-17H,18H2,1H3,(H,30,32). The fourth-order valence-corrected chi connectivity index (χ4v) is 5.36. The Morgan fingerprint density at radius 1 is 0.857 bits per heavy atom. The number of aryl methyl sites for hydroxylation is 1. The maximum Gasteiger partial charge on any atom is 0.264 e. The fourth-order valence-electron chi connectivity index (χ4n) is 3.55. The van der Waals surface area contributed by atoms with E-state index in [4.69, 9.17) is 23.2 Å². The summed E-state index contributed by atoms with van der Waals surface area (Å²) < 4.78 is 28.9. The van der Waals surface area contributed by atoms with Crippen LogP contribution in [0.1, 0.15) is 21.5 Å². The molecule has 0 atom stereocenters. The Balaban J connectivity index is 1.80. The molecule has 0 heterocycles. The molecule has 0 unspecified atom stereocenters. The van der Waals surface area contributed by atoms with E-state index in [0.29, 0.717) is 15.7 Å². The molecule has 0 saturated carbocycles. The van der Waals surface area contributed by atoms with E-state index >= 15 is 0 Å². The molecule has 0 aliphatic rings. The quantitative estimate of drug-likeness (QED) is 0.284. The molecule has 178 valence electrons. The van der Waals surface area contributed by atoms with Crippen LogP contribution in [0.2, 0.25) is 10.0 Å². The first kappa shape index (κ1) is 24.8. The highest BCUT2D eigenvalue weighted by atomic mass is 35.5. The van der Waals surface area contributed by atoms with Crippen molar-refractivity contribution in [3.8, 4) is 0 Å². The number of hydrogen-bond donors (Lipinski definition) is 1. The van der Waals surface area contributed by atoms with Gasteiger partial charge in [0.1, 0.15) is 0 Å². The van der Waals surface area contributed by atoms with E-state index in [1.54, 1.807) is 60.7 Å². The second kappa shape index (κ2) is 10.5. The number of hydrogen-bond acceptors (Lipinski definition) is 3. The molecule has 0 aliphatic carbocycles. The first-order chi connectivity index (χ1) is 16.8. The summed E-state index contributed by atoms with van der Waals surface area (Å²) in [6.45, 7) is 1.93. The average molecular weight is 525 g/mol. The molecule has 1 N–H and O–H groups in total. The zero-order valence-corrected chi connectivity index (χ0v) is 21.1. The molecule has 0 aliphatic heterocycles. The molecular weight excluding hydrogens is 503 g/mol. The van der Waals surface area contributed by atoms with Crippen LogP contribution in [0.4, 0.5) is 11.4 Å². The molecule has 4 rings (SSSR count). The van der Waals surface area contributed by atoms with Gasteiger partial charge in [0.2, 0.25) is 0 Å². The average Bonchev–Trinajstić information content (AvgIpc) is 2.85. The van der Waals surface area contributed by atoms with Crippen molar-refractivity contribution in [2.75, 3.05) is 9.62 Å². The molecule has 8 heteroatoms. The van der Waals surface area contributed by atoms with Gasteiger partial charge in [0, 0.05) is 5.02 Å². The smallest absolute Gasteiger partial charge is 0.264 e. The van der Waals surface area contributed by atoms with Crippen molar-refractivity contribution in [2.45, 2.75) is 18.4 Å². The van der Waals surface area contributed by atoms with Crippen LogP contribution in [0.25, 0.3) is 0 Å². The molecule has 0 fully saturated rings. The Morgan fingerprint density at radius 2 is 1.51 bits per heavy atom. The molecule has 0 radical (unpaired) electrons. The lowest BCUT2D eigenvalue weighted by Gasteiger charge is -2.27. The number of amides is 1. The van der Waals surface area contributed by atoms with Gasteiger partial charge >= 0.3 is 0 Å². The monoisotopic (exact) mass is 524 g/mol. The Bertz CT molecular complexity index is 1460. The number of anilines is 2. The number of carbonyl (C=O) groups is 1. The van der Waals surface area contributed by atoms with Gasteiger partial charge in [0.15, 0.2) is 0 Å². The van der Waals surface area contributed by atoms with Gasteiger partial charge in [-0.2, -0.15) is 0 Å². The van der Waals surface area contributed by atoms with Crippen LogP contribution in [0.15, 0.2) is 102 Å². The summed E-state index contributed by atoms with van der Waals surface area (Å²) in [5.74, 6) is -0.512. The minimum Gasteiger partial charge on any atom is -0.321 e. The minimum absolute atomic E-state index is 0.0409. The number of sulfonamides is 1. The summed E-state index contributed by atoms with van der Waals surface area (Å²) in [4.78, 5) is 13.5. The molecule has 35 heavy (non-hydrogen) atoms. The summed E-state index contributed by atoms with van der Waals surface area (Å²) in [5.41, 5.74) is 2.46. The Kier molecular flexibility index (Phi) is 7.45. The molecule has 0 bridgehead atoms. The first-order valence-electron chi connectivity index (χ1n) is 10.7. The van der Waals surface area contributed by atoms with Crippen LogP contribution >= 0.6 is 23.2 Å². The highest BCUT2D eigenvalue weighted by molar-refractivity contribution is 7.92. The van der Waals surface area contributed by atoms with Gasteiger partial charge in [-0.05, 0) is 55.0 Å². The van der Waals surface area contributed by atoms with Crippen molar-refractivity contribution < 1.29 is 13.2 Å². The van der Waals surface area contributed by atoms with Crippen LogP contribution in [0.5, 0.6) is 0 Å². The number of para-hydroxylation sites is 1. The second-order valence-corrected chi connectivity index (χ2v) is 10.6. The molecule has 5 nitrogen and oxygen atoms in total. The topological polar surface area (TPSA) is 66.5 Å². The lowest BCUT2D eigenvalue weighted by atomic mass is 10.1. The van der Waals surface area contributed by atoms with Crippen LogP contribution in [-0.2, 0) is 16.6 Å². The largest absolute Gasteiger partial charge is 0.321 e. The van der Waals surface area contributed by atoms with E-state index in [1.807, 2.05) is 37.3 Å². The zero-order valence-electron chi connectivity index (χ0n) is 18.8. The number of nitrogens with one attached hydrogen (secondary N) is 1. The van der Waals surface area contributed by atoms with Crippen molar-refractivity contribution in [3.05, 3.63) is 124 Å². The number of rotatable bonds is 7. The molecule has 4 aromatic rings. The van der Waals surface area contributed by atoms with Crippen molar-refractivity contribution in [1.82, 2.24) is 0 Å². The Labute approximate surface area is 215 Å². The van der Waals surface area contributed by atoms with Gasteiger partial charge in [0.25, 0.3) is 15.9 Å². The van der Waals surface area contributed by atoms with Crippen molar-refractivity contribution >= 4 is 50.5 Å². The van der Waals surface area contributed by atoms with Gasteiger partial charge in [-0.1, -0.05) is 83.4 Å². The third-order valence-electron chi connectivity index (χ3n) is 5.37. The zero-order chi connectivity index (χ0) is 25.0. The molecule has 1 amide bonds. The summed E-state index contributed by atoms with van der Waals surface area (Å²) in [5, 5.41) is 3.47. The SMILES string of the molecule is Cc1ccc(S(=O)(=O)N(Cc2ccccc2)c2ccccc2C(=O)Nc2cc(Cl)ccc2Cl)cc1. The molecule has 0 saturated heterocycles. The Morgan fingerprint density at radius 3 is 2.23 bits per heavy atom. The van der Waals surface area contributed by atoms with E-state index in [-0.39, 0.29) is 22.7 Å². The third-order valence-corrected chi connectivity index (χ3v) is 7.71. The maximum absolute atomic E-state index is 13.8. The lowest BCUT2D eigenvalue weighted by Crippen LogP contribution is -2.32. The van der Waals surface area contributed by atoms with Crippen molar-refractivity contribution in [3.63, 3.8) is 0 Å². The molecule has 0 aromatic heterocycles. The van der Waals surface area contributed by atoms with Crippen molar-refractivity contribution in [1.29, 1.82) is 0 Å². The van der Waals surface area contributed by atoms with E-state index in [2.05, 4.69) is 5.32 Å². The summed E-state index contributed by atoms with van der Waals surface area (Å²) in [7, 11) is -4.01. The Hall–Kier alpha value is -3.32. The van der Waals surface area contributed by atoms with Gasteiger partial charge in [0.05, 0.1) is 33.4 Å². The normalized spacial score (nSPS) is 11.2. The summed E-state index contributed by atoms with van der Waals surface area (Å²) >= 11 is 12.3. The van der Waals surface area contributed by atoms with Gasteiger partial charge < -0.3 is 5.32 Å². The number of benzene rings is 4. The van der Waals surface area contributed by atoms with E-state index in [1.165, 1.54) is 10.4 Å². The highest BCUT2D eigenvalue weighted by Crippen LogP contribution is 2.31. The summed E-state index contributed by atoms with van der Waals surface area (Å²) in [6, 6.07) is 27.1. The molecule has 4 aromatic carbocycles. The van der Waals surface area contributed by atoms with Gasteiger partial charge in [-0.25, -0.2) is 8.42 Å². The first-order valence-corrected chi connectivity index (χ1v) is 12.9. The summed E-state index contributed by atoms with van der Waals surface area (Å²) in [6.07, 6.45) is 0.